The maximum atomic E-state index is 12.1. The van der Waals surface area contributed by atoms with Crippen LogP contribution < -0.4 is 16.0 Å². The molecule has 6 nitrogen and oxygen atoms in total. The predicted molar refractivity (Wildman–Crippen MR) is 138 cm³/mol. The molecular weight excluding hydrogens is 525 g/mol. The number of rotatable bonds is 7. The van der Waals surface area contributed by atoms with Crippen molar-refractivity contribution < 1.29 is 4.79 Å². The summed E-state index contributed by atoms with van der Waals surface area (Å²) >= 11 is 5.85. The average molecular weight is 556 g/mol. The van der Waals surface area contributed by atoms with E-state index in [0.717, 1.165) is 38.4 Å². The molecule has 31 heavy (non-hydrogen) atoms. The lowest BCUT2D eigenvalue weighted by molar-refractivity contribution is 0.0954. The maximum Gasteiger partial charge on any atom is 0.251 e. The van der Waals surface area contributed by atoms with Gasteiger partial charge < -0.3 is 16.0 Å². The molecule has 0 atom stereocenters. The predicted octanol–water partition coefficient (Wildman–Crippen LogP) is 3.52. The molecule has 8 heteroatoms. The molecule has 0 saturated carbocycles. The van der Waals surface area contributed by atoms with Gasteiger partial charge in [-0.2, -0.15) is 0 Å². The molecule has 0 unspecified atom stereocenters. The Balaban J connectivity index is 0.00000341. The molecule has 3 N–H and O–H groups in total. The molecule has 0 bridgehead atoms. The van der Waals surface area contributed by atoms with E-state index in [2.05, 4.69) is 56.2 Å². The number of carbonyl (C=O) groups excluding carboxylic acids is 1. The van der Waals surface area contributed by atoms with Crippen molar-refractivity contribution in [2.45, 2.75) is 25.4 Å². The lowest BCUT2D eigenvalue weighted by atomic mass is 10.0. The van der Waals surface area contributed by atoms with Gasteiger partial charge in [0.15, 0.2) is 5.96 Å². The number of halogens is 2. The molecule has 2 aromatic carbocycles. The van der Waals surface area contributed by atoms with Gasteiger partial charge in [0, 0.05) is 56.4 Å². The van der Waals surface area contributed by atoms with E-state index in [1.165, 1.54) is 5.56 Å². The SMILES string of the molecule is CN=C(NCCNC(=O)c1ccc(Cl)cc1)NC1CCN(Cc2ccccc2)CC1.I. The van der Waals surface area contributed by atoms with Crippen molar-refractivity contribution in [1.29, 1.82) is 0 Å². The third-order valence-corrected chi connectivity index (χ3v) is 5.46. The van der Waals surface area contributed by atoms with Crippen LogP contribution in [0.15, 0.2) is 59.6 Å². The second-order valence-electron chi connectivity index (χ2n) is 7.44. The van der Waals surface area contributed by atoms with E-state index in [0.29, 0.717) is 29.7 Å². The Labute approximate surface area is 206 Å². The Kier molecular flexibility index (Phi) is 11.1. The minimum absolute atomic E-state index is 0. The van der Waals surface area contributed by atoms with Gasteiger partial charge in [0.1, 0.15) is 0 Å². The third-order valence-electron chi connectivity index (χ3n) is 5.21. The minimum Gasteiger partial charge on any atom is -0.355 e. The van der Waals surface area contributed by atoms with Crippen LogP contribution in [0.25, 0.3) is 0 Å². The largest absolute Gasteiger partial charge is 0.355 e. The fraction of sp³-hybridized carbons (Fsp3) is 0.391. The number of nitrogens with one attached hydrogen (secondary N) is 3. The number of guanidine groups is 1. The fourth-order valence-corrected chi connectivity index (χ4v) is 3.65. The highest BCUT2D eigenvalue weighted by Gasteiger charge is 2.20. The molecule has 0 aliphatic carbocycles. The summed E-state index contributed by atoms with van der Waals surface area (Å²) in [4.78, 5) is 18.9. The molecule has 0 radical (unpaired) electrons. The third kappa shape index (κ3) is 8.66. The van der Waals surface area contributed by atoms with Crippen LogP contribution in [0.1, 0.15) is 28.8 Å². The number of aliphatic imine (C=N–C) groups is 1. The van der Waals surface area contributed by atoms with Gasteiger partial charge >= 0.3 is 0 Å². The van der Waals surface area contributed by atoms with Crippen molar-refractivity contribution in [3.05, 3.63) is 70.7 Å². The van der Waals surface area contributed by atoms with Crippen LogP contribution in [0, 0.1) is 0 Å². The molecule has 168 valence electrons. The number of hydrogen-bond donors (Lipinski definition) is 3. The smallest absolute Gasteiger partial charge is 0.251 e. The summed E-state index contributed by atoms with van der Waals surface area (Å²) < 4.78 is 0. The minimum atomic E-state index is -0.109. The van der Waals surface area contributed by atoms with Crippen LogP contribution in [-0.2, 0) is 6.54 Å². The first-order valence-electron chi connectivity index (χ1n) is 10.4. The van der Waals surface area contributed by atoms with Crippen molar-refractivity contribution in [2.24, 2.45) is 4.99 Å². The summed E-state index contributed by atoms with van der Waals surface area (Å²) in [5, 5.41) is 10.3. The van der Waals surface area contributed by atoms with Crippen LogP contribution in [0.3, 0.4) is 0 Å². The zero-order valence-electron chi connectivity index (χ0n) is 17.8. The Bertz CT molecular complexity index is 824. The summed E-state index contributed by atoms with van der Waals surface area (Å²) in [5.41, 5.74) is 1.96. The van der Waals surface area contributed by atoms with Gasteiger partial charge in [-0.3, -0.25) is 14.7 Å². The second kappa shape index (κ2) is 13.5. The number of amides is 1. The van der Waals surface area contributed by atoms with Crippen molar-refractivity contribution in [3.63, 3.8) is 0 Å². The van der Waals surface area contributed by atoms with E-state index in [9.17, 15) is 4.79 Å². The van der Waals surface area contributed by atoms with Gasteiger partial charge in [-0.25, -0.2) is 0 Å². The van der Waals surface area contributed by atoms with E-state index < -0.39 is 0 Å². The molecule has 1 aliphatic heterocycles. The number of carbonyl (C=O) groups is 1. The Morgan fingerprint density at radius 3 is 2.32 bits per heavy atom. The van der Waals surface area contributed by atoms with Crippen LogP contribution in [-0.4, -0.2) is 56.0 Å². The zero-order chi connectivity index (χ0) is 21.2. The highest BCUT2D eigenvalue weighted by atomic mass is 127. The normalized spacial score (nSPS) is 15.1. The van der Waals surface area contributed by atoms with E-state index in [1.54, 1.807) is 31.3 Å². The average Bonchev–Trinajstić information content (AvgIpc) is 2.78. The molecule has 3 rings (SSSR count). The first-order chi connectivity index (χ1) is 14.6. The molecule has 2 aromatic rings. The van der Waals surface area contributed by atoms with Crippen LogP contribution in [0.4, 0.5) is 0 Å². The lowest BCUT2D eigenvalue weighted by Crippen LogP contribution is -2.49. The van der Waals surface area contributed by atoms with E-state index in [1.807, 2.05) is 0 Å². The van der Waals surface area contributed by atoms with Gasteiger partial charge in [-0.15, -0.1) is 24.0 Å². The first-order valence-corrected chi connectivity index (χ1v) is 10.8. The maximum absolute atomic E-state index is 12.1. The highest BCUT2D eigenvalue weighted by Crippen LogP contribution is 2.14. The summed E-state index contributed by atoms with van der Waals surface area (Å²) in [5.74, 6) is 0.666. The Hall–Kier alpha value is -1.84. The van der Waals surface area contributed by atoms with Gasteiger partial charge in [-0.05, 0) is 42.7 Å². The number of nitrogens with zero attached hydrogens (tertiary/aromatic N) is 2. The number of piperidine rings is 1. The molecular formula is C23H31ClIN5O. The molecule has 1 aliphatic rings. The topological polar surface area (TPSA) is 68.8 Å². The number of benzene rings is 2. The molecule has 1 saturated heterocycles. The van der Waals surface area contributed by atoms with Crippen LogP contribution in [0.5, 0.6) is 0 Å². The lowest BCUT2D eigenvalue weighted by Gasteiger charge is -2.33. The molecule has 0 aromatic heterocycles. The first kappa shape index (κ1) is 25.4. The van der Waals surface area contributed by atoms with Crippen molar-refractivity contribution in [3.8, 4) is 0 Å². The van der Waals surface area contributed by atoms with Crippen molar-refractivity contribution in [2.75, 3.05) is 33.2 Å². The van der Waals surface area contributed by atoms with Gasteiger partial charge in [0.05, 0.1) is 0 Å². The molecule has 1 fully saturated rings. The monoisotopic (exact) mass is 555 g/mol. The van der Waals surface area contributed by atoms with Crippen LogP contribution >= 0.6 is 35.6 Å². The van der Waals surface area contributed by atoms with Gasteiger partial charge in [0.25, 0.3) is 5.91 Å². The second-order valence-corrected chi connectivity index (χ2v) is 7.88. The Morgan fingerprint density at radius 1 is 1.03 bits per heavy atom. The molecule has 1 heterocycles. The summed E-state index contributed by atoms with van der Waals surface area (Å²) in [6.45, 7) is 4.26. The number of hydrogen-bond acceptors (Lipinski definition) is 3. The standard InChI is InChI=1S/C23H30ClN5O.HI/c1-25-23(27-14-13-26-22(30)19-7-9-20(24)10-8-19)28-21-11-15-29(16-12-21)17-18-5-3-2-4-6-18;/h2-10,21H,11-17H2,1H3,(H,26,30)(H2,25,27,28);1H. The van der Waals surface area contributed by atoms with Gasteiger partial charge in [-0.1, -0.05) is 41.9 Å². The van der Waals surface area contributed by atoms with Crippen molar-refractivity contribution in [1.82, 2.24) is 20.9 Å². The van der Waals surface area contributed by atoms with E-state index in [4.69, 9.17) is 11.6 Å². The van der Waals surface area contributed by atoms with E-state index >= 15 is 0 Å². The summed E-state index contributed by atoms with van der Waals surface area (Å²) in [6, 6.07) is 17.9. The number of likely N-dealkylation sites (tertiary alicyclic amines) is 1. The molecule has 0 spiro atoms. The fourth-order valence-electron chi connectivity index (χ4n) is 3.53. The Morgan fingerprint density at radius 2 is 1.68 bits per heavy atom. The summed E-state index contributed by atoms with van der Waals surface area (Å²) in [7, 11) is 1.77. The quantitative estimate of drug-likeness (QED) is 0.212. The van der Waals surface area contributed by atoms with Crippen LogP contribution in [0.2, 0.25) is 5.02 Å². The van der Waals surface area contributed by atoms with Crippen molar-refractivity contribution >= 4 is 47.4 Å². The van der Waals surface area contributed by atoms with E-state index in [-0.39, 0.29) is 29.9 Å². The molecule has 1 amide bonds. The summed E-state index contributed by atoms with van der Waals surface area (Å²) in [6.07, 6.45) is 2.17. The zero-order valence-corrected chi connectivity index (χ0v) is 20.9. The highest BCUT2D eigenvalue weighted by molar-refractivity contribution is 14.0. The van der Waals surface area contributed by atoms with Gasteiger partial charge in [0.2, 0.25) is 0 Å².